The number of aromatic hydroxyl groups is 1. The van der Waals surface area contributed by atoms with Crippen LogP contribution in [0.15, 0.2) is 18.2 Å². The Labute approximate surface area is 126 Å². The number of carbonyl (C=O) groups excluding carboxylic acids is 1. The number of aromatic nitrogens is 4. The molecule has 1 aromatic heterocycles. The first-order valence-electron chi connectivity index (χ1n) is 6.52. The highest BCUT2D eigenvalue weighted by Gasteiger charge is 2.15. The van der Waals surface area contributed by atoms with E-state index in [1.54, 1.807) is 4.68 Å². The molecule has 0 fully saturated rings. The summed E-state index contributed by atoms with van der Waals surface area (Å²) < 4.78 is 6.70. The number of ether oxygens (including phenoxy) is 1. The second-order valence-electron chi connectivity index (χ2n) is 4.41. The van der Waals surface area contributed by atoms with Crippen LogP contribution in [0.3, 0.4) is 0 Å². The Hall–Kier alpha value is -2.15. The van der Waals surface area contributed by atoms with Gasteiger partial charge in [0.1, 0.15) is 11.3 Å². The number of phenols is 1. The fraction of sp³-hybridized carbons (Fsp3) is 0.385. The Kier molecular flexibility index (Phi) is 5.10. The third kappa shape index (κ3) is 3.91. The first-order chi connectivity index (χ1) is 10.1. The molecule has 0 aliphatic carbocycles. The number of phenolic OH excluding ortho intramolecular Hbond substituents is 1. The third-order valence-corrected chi connectivity index (χ3v) is 3.08. The van der Waals surface area contributed by atoms with E-state index in [4.69, 9.17) is 16.3 Å². The number of nitrogens with zero attached hydrogens (tertiary/aromatic N) is 4. The van der Waals surface area contributed by atoms with Gasteiger partial charge in [0, 0.05) is 11.6 Å². The van der Waals surface area contributed by atoms with Gasteiger partial charge in [0.2, 0.25) is 0 Å². The lowest BCUT2D eigenvalue weighted by molar-refractivity contribution is 0.0453. The van der Waals surface area contributed by atoms with E-state index in [-0.39, 0.29) is 17.9 Å². The number of tetrazole rings is 1. The number of unbranched alkanes of at least 4 members (excludes halogenated alkanes) is 1. The minimum Gasteiger partial charge on any atom is -0.507 e. The topological polar surface area (TPSA) is 90.1 Å². The number of hydrogen-bond donors (Lipinski definition) is 1. The van der Waals surface area contributed by atoms with Crippen molar-refractivity contribution in [1.29, 1.82) is 0 Å². The average molecular weight is 311 g/mol. The van der Waals surface area contributed by atoms with E-state index in [0.29, 0.717) is 17.4 Å². The normalized spacial score (nSPS) is 10.6. The van der Waals surface area contributed by atoms with Crippen LogP contribution in [0, 0.1) is 0 Å². The molecular weight excluding hydrogens is 296 g/mol. The van der Waals surface area contributed by atoms with Crippen molar-refractivity contribution < 1.29 is 14.6 Å². The van der Waals surface area contributed by atoms with Crippen molar-refractivity contribution in [2.75, 3.05) is 0 Å². The van der Waals surface area contributed by atoms with Gasteiger partial charge in [-0.25, -0.2) is 9.48 Å². The quantitative estimate of drug-likeness (QED) is 0.822. The molecule has 21 heavy (non-hydrogen) atoms. The molecule has 112 valence electrons. The lowest BCUT2D eigenvalue weighted by atomic mass is 10.2. The second-order valence-corrected chi connectivity index (χ2v) is 4.85. The van der Waals surface area contributed by atoms with Crippen LogP contribution in [0.2, 0.25) is 5.02 Å². The fourth-order valence-corrected chi connectivity index (χ4v) is 1.86. The van der Waals surface area contributed by atoms with E-state index in [2.05, 4.69) is 22.4 Å². The van der Waals surface area contributed by atoms with Crippen LogP contribution in [0.25, 0.3) is 0 Å². The zero-order valence-corrected chi connectivity index (χ0v) is 12.2. The molecule has 0 amide bonds. The maximum Gasteiger partial charge on any atom is 0.342 e. The van der Waals surface area contributed by atoms with Crippen LogP contribution in [0.5, 0.6) is 5.75 Å². The SMILES string of the molecule is CCCCn1nnnc1COC(=O)c1cc(Cl)ccc1O. The Morgan fingerprint density at radius 2 is 2.29 bits per heavy atom. The highest BCUT2D eigenvalue weighted by atomic mass is 35.5. The van der Waals surface area contributed by atoms with Crippen LogP contribution < -0.4 is 0 Å². The summed E-state index contributed by atoms with van der Waals surface area (Å²) in [6.45, 7) is 2.66. The van der Waals surface area contributed by atoms with Crippen molar-refractivity contribution in [3.05, 3.63) is 34.6 Å². The molecule has 0 aliphatic rings. The van der Waals surface area contributed by atoms with Crippen molar-refractivity contribution in [3.63, 3.8) is 0 Å². The Morgan fingerprint density at radius 1 is 1.48 bits per heavy atom. The number of benzene rings is 1. The first-order valence-corrected chi connectivity index (χ1v) is 6.90. The number of rotatable bonds is 6. The van der Waals surface area contributed by atoms with E-state index >= 15 is 0 Å². The van der Waals surface area contributed by atoms with Crippen molar-refractivity contribution in [1.82, 2.24) is 20.2 Å². The van der Waals surface area contributed by atoms with Gasteiger partial charge in [0.25, 0.3) is 0 Å². The molecule has 0 radical (unpaired) electrons. The summed E-state index contributed by atoms with van der Waals surface area (Å²) in [6.07, 6.45) is 1.94. The monoisotopic (exact) mass is 310 g/mol. The molecule has 0 spiro atoms. The highest BCUT2D eigenvalue weighted by molar-refractivity contribution is 6.31. The van der Waals surface area contributed by atoms with Gasteiger partial charge in [0.05, 0.1) is 0 Å². The van der Waals surface area contributed by atoms with Crippen molar-refractivity contribution in [2.45, 2.75) is 32.9 Å². The van der Waals surface area contributed by atoms with Gasteiger partial charge < -0.3 is 9.84 Å². The molecule has 0 unspecified atom stereocenters. The minimum atomic E-state index is -0.681. The lowest BCUT2D eigenvalue weighted by Gasteiger charge is -2.07. The Balaban J connectivity index is 2.01. The summed E-state index contributed by atoms with van der Waals surface area (Å²) in [4.78, 5) is 11.9. The van der Waals surface area contributed by atoms with E-state index < -0.39 is 5.97 Å². The molecule has 0 bridgehead atoms. The maximum absolute atomic E-state index is 11.9. The third-order valence-electron chi connectivity index (χ3n) is 2.84. The van der Waals surface area contributed by atoms with Crippen LogP contribution in [-0.4, -0.2) is 31.3 Å². The van der Waals surface area contributed by atoms with Gasteiger partial charge in [0.15, 0.2) is 12.4 Å². The molecule has 0 atom stereocenters. The minimum absolute atomic E-state index is 0.00934. The van der Waals surface area contributed by atoms with Gasteiger partial charge in [-0.1, -0.05) is 24.9 Å². The fourth-order valence-electron chi connectivity index (χ4n) is 1.69. The molecule has 0 saturated heterocycles. The number of aryl methyl sites for hydroxylation is 1. The molecule has 0 saturated carbocycles. The summed E-state index contributed by atoms with van der Waals surface area (Å²) >= 11 is 5.79. The molecule has 1 N–H and O–H groups in total. The zero-order chi connectivity index (χ0) is 15.2. The summed E-state index contributed by atoms with van der Waals surface area (Å²) in [7, 11) is 0. The predicted octanol–water partition coefficient (Wildman–Crippen LogP) is 2.19. The Bertz CT molecular complexity index is 630. The lowest BCUT2D eigenvalue weighted by Crippen LogP contribution is -2.11. The van der Waals surface area contributed by atoms with E-state index in [1.165, 1.54) is 18.2 Å². The van der Waals surface area contributed by atoms with Crippen LogP contribution in [-0.2, 0) is 17.9 Å². The number of esters is 1. The highest BCUT2D eigenvalue weighted by Crippen LogP contribution is 2.22. The molecule has 1 heterocycles. The van der Waals surface area contributed by atoms with Crippen molar-refractivity contribution in [3.8, 4) is 5.75 Å². The van der Waals surface area contributed by atoms with E-state index in [0.717, 1.165) is 12.8 Å². The largest absolute Gasteiger partial charge is 0.507 e. The molecular formula is C13H15ClN4O3. The van der Waals surface area contributed by atoms with Gasteiger partial charge in [-0.05, 0) is 35.0 Å². The summed E-state index contributed by atoms with van der Waals surface area (Å²) in [5, 5.41) is 21.2. The van der Waals surface area contributed by atoms with Gasteiger partial charge in [-0.15, -0.1) is 5.10 Å². The molecule has 7 nitrogen and oxygen atoms in total. The number of halogens is 1. The molecule has 0 aliphatic heterocycles. The van der Waals surface area contributed by atoms with Gasteiger partial charge >= 0.3 is 5.97 Å². The first kappa shape index (κ1) is 15.2. The van der Waals surface area contributed by atoms with E-state index in [9.17, 15) is 9.90 Å². The summed E-state index contributed by atoms with van der Waals surface area (Å²) in [6, 6.07) is 4.17. The zero-order valence-electron chi connectivity index (χ0n) is 11.5. The standard InChI is InChI=1S/C13H15ClN4O3/c1-2-3-6-18-12(15-16-17-18)8-21-13(20)10-7-9(14)4-5-11(10)19/h4-5,7,19H,2-3,6,8H2,1H3. The average Bonchev–Trinajstić information content (AvgIpc) is 2.92. The second kappa shape index (κ2) is 7.03. The molecule has 2 rings (SSSR count). The van der Waals surface area contributed by atoms with Crippen LogP contribution in [0.1, 0.15) is 35.9 Å². The summed E-state index contributed by atoms with van der Waals surface area (Å²) in [5.74, 6) is -0.409. The smallest absolute Gasteiger partial charge is 0.342 e. The number of carbonyl (C=O) groups is 1. The Morgan fingerprint density at radius 3 is 3.05 bits per heavy atom. The molecule has 8 heteroatoms. The molecule has 2 aromatic rings. The summed E-state index contributed by atoms with van der Waals surface area (Å²) in [5.41, 5.74) is 0.00934. The van der Waals surface area contributed by atoms with Crippen LogP contribution in [0.4, 0.5) is 0 Å². The van der Waals surface area contributed by atoms with Gasteiger partial charge in [-0.3, -0.25) is 0 Å². The maximum atomic E-state index is 11.9. The van der Waals surface area contributed by atoms with Crippen molar-refractivity contribution >= 4 is 17.6 Å². The van der Waals surface area contributed by atoms with Crippen LogP contribution >= 0.6 is 11.6 Å². The van der Waals surface area contributed by atoms with Crippen molar-refractivity contribution in [2.24, 2.45) is 0 Å². The predicted molar refractivity (Wildman–Crippen MR) is 75.0 cm³/mol. The number of hydrogen-bond acceptors (Lipinski definition) is 6. The van der Waals surface area contributed by atoms with Gasteiger partial charge in [-0.2, -0.15) is 0 Å². The van der Waals surface area contributed by atoms with E-state index in [1.807, 2.05) is 0 Å². The molecule has 1 aromatic carbocycles.